The molecule has 20 heavy (non-hydrogen) atoms. The van der Waals surface area contributed by atoms with Crippen molar-refractivity contribution in [3.63, 3.8) is 0 Å². The molecule has 0 unspecified atom stereocenters. The van der Waals surface area contributed by atoms with Crippen LogP contribution in [0.3, 0.4) is 0 Å². The summed E-state index contributed by atoms with van der Waals surface area (Å²) in [5.74, 6) is 0.479. The highest BCUT2D eigenvalue weighted by atomic mass is 16.6. The van der Waals surface area contributed by atoms with Gasteiger partial charge in [-0.1, -0.05) is 18.7 Å². The number of hydrogen-bond acceptors (Lipinski definition) is 3. The zero-order valence-electron chi connectivity index (χ0n) is 12.2. The van der Waals surface area contributed by atoms with Crippen molar-refractivity contribution in [2.24, 2.45) is 0 Å². The van der Waals surface area contributed by atoms with E-state index in [1.807, 2.05) is 19.1 Å². The van der Waals surface area contributed by atoms with Crippen LogP contribution in [0.25, 0.3) is 0 Å². The van der Waals surface area contributed by atoms with Crippen LogP contribution in [0.4, 0.5) is 0 Å². The van der Waals surface area contributed by atoms with E-state index >= 15 is 0 Å². The summed E-state index contributed by atoms with van der Waals surface area (Å²) in [5.41, 5.74) is 1.33. The van der Waals surface area contributed by atoms with Gasteiger partial charge in [0.05, 0.1) is 0 Å². The van der Waals surface area contributed by atoms with Crippen LogP contribution in [0.15, 0.2) is 36.4 Å². The Morgan fingerprint density at radius 1 is 1.30 bits per heavy atom. The number of esters is 1. The first kappa shape index (κ1) is 14.6. The molecule has 1 fully saturated rings. The molecule has 0 bridgehead atoms. The lowest BCUT2D eigenvalue weighted by Crippen LogP contribution is -2.35. The average molecular weight is 274 g/mol. The van der Waals surface area contributed by atoms with Gasteiger partial charge in [-0.25, -0.2) is 4.79 Å². The smallest absolute Gasteiger partial charge is 0.333 e. The molecule has 108 valence electrons. The third-order valence-corrected chi connectivity index (χ3v) is 4.10. The van der Waals surface area contributed by atoms with Gasteiger partial charge in [0.1, 0.15) is 11.4 Å². The molecule has 3 nitrogen and oxygen atoms in total. The molecule has 0 heterocycles. The molecule has 0 atom stereocenters. The molecule has 1 aliphatic rings. The van der Waals surface area contributed by atoms with Crippen molar-refractivity contribution >= 4 is 5.97 Å². The molecule has 0 saturated heterocycles. The van der Waals surface area contributed by atoms with E-state index in [0.717, 1.165) is 25.7 Å². The van der Waals surface area contributed by atoms with Crippen LogP contribution in [0.2, 0.25) is 0 Å². The maximum absolute atomic E-state index is 11.7. The van der Waals surface area contributed by atoms with Crippen LogP contribution >= 0.6 is 0 Å². The molecule has 0 amide bonds. The van der Waals surface area contributed by atoms with Crippen molar-refractivity contribution in [1.29, 1.82) is 0 Å². The van der Waals surface area contributed by atoms with E-state index < -0.39 is 0 Å². The van der Waals surface area contributed by atoms with Gasteiger partial charge in [-0.15, -0.1) is 0 Å². The first-order chi connectivity index (χ1) is 9.39. The molecule has 1 aromatic rings. The molecular formula is C17H22O3. The highest BCUT2D eigenvalue weighted by Gasteiger charge is 2.34. The Bertz CT molecular complexity index is 493. The second-order valence-corrected chi connectivity index (χ2v) is 5.99. The lowest BCUT2D eigenvalue weighted by Gasteiger charge is -2.37. The van der Waals surface area contributed by atoms with E-state index in [1.165, 1.54) is 5.56 Å². The molecule has 0 aromatic heterocycles. The minimum atomic E-state index is -0.372. The van der Waals surface area contributed by atoms with E-state index in [-0.39, 0.29) is 11.6 Å². The van der Waals surface area contributed by atoms with Crippen LogP contribution in [0, 0.1) is 0 Å². The standard InChI is InChI=1S/C17H22O3/c1-12(2)16(19)20-17(3)10-8-14(9-11-17)13-4-6-15(18)7-5-13/h4-7,14,18H,1,8-11H2,2-3H3. The second kappa shape index (κ2) is 5.70. The largest absolute Gasteiger partial charge is 0.508 e. The fourth-order valence-electron chi connectivity index (χ4n) is 2.72. The van der Waals surface area contributed by atoms with Gasteiger partial charge in [0.2, 0.25) is 0 Å². The number of phenolic OH excluding ortho intramolecular Hbond substituents is 1. The summed E-state index contributed by atoms with van der Waals surface area (Å²) in [5, 5.41) is 9.32. The van der Waals surface area contributed by atoms with Gasteiger partial charge in [0, 0.05) is 5.57 Å². The Hall–Kier alpha value is -1.77. The molecule has 1 aliphatic carbocycles. The van der Waals surface area contributed by atoms with Gasteiger partial charge >= 0.3 is 5.97 Å². The number of carbonyl (C=O) groups is 1. The van der Waals surface area contributed by atoms with Crippen LogP contribution in [0.5, 0.6) is 5.75 Å². The molecule has 0 spiro atoms. The quantitative estimate of drug-likeness (QED) is 0.671. The third kappa shape index (κ3) is 3.41. The Labute approximate surface area is 120 Å². The molecule has 0 radical (unpaired) electrons. The van der Waals surface area contributed by atoms with Gasteiger partial charge in [-0.05, 0) is 63.1 Å². The first-order valence-corrected chi connectivity index (χ1v) is 7.07. The topological polar surface area (TPSA) is 46.5 Å². The van der Waals surface area contributed by atoms with Gasteiger partial charge < -0.3 is 9.84 Å². The lowest BCUT2D eigenvalue weighted by molar-refractivity contribution is -0.156. The van der Waals surface area contributed by atoms with Gasteiger partial charge in [0.15, 0.2) is 0 Å². The van der Waals surface area contributed by atoms with Crippen molar-refractivity contribution in [3.05, 3.63) is 42.0 Å². The van der Waals surface area contributed by atoms with Crippen molar-refractivity contribution in [2.75, 3.05) is 0 Å². The fraction of sp³-hybridized carbons (Fsp3) is 0.471. The normalized spacial score (nSPS) is 26.0. The fourth-order valence-corrected chi connectivity index (χ4v) is 2.72. The third-order valence-electron chi connectivity index (χ3n) is 4.10. The number of benzene rings is 1. The van der Waals surface area contributed by atoms with Crippen molar-refractivity contribution < 1.29 is 14.6 Å². The SMILES string of the molecule is C=C(C)C(=O)OC1(C)CCC(c2ccc(O)cc2)CC1. The van der Waals surface area contributed by atoms with Crippen molar-refractivity contribution in [2.45, 2.75) is 51.0 Å². The predicted octanol–water partition coefficient (Wildman–Crippen LogP) is 3.93. The van der Waals surface area contributed by atoms with E-state index in [2.05, 4.69) is 6.58 Å². The van der Waals surface area contributed by atoms with Crippen molar-refractivity contribution in [3.8, 4) is 5.75 Å². The maximum Gasteiger partial charge on any atom is 0.333 e. The number of ether oxygens (including phenoxy) is 1. The summed E-state index contributed by atoms with van der Waals surface area (Å²) < 4.78 is 5.57. The summed E-state index contributed by atoms with van der Waals surface area (Å²) >= 11 is 0. The average Bonchev–Trinajstić information content (AvgIpc) is 2.40. The maximum atomic E-state index is 11.7. The van der Waals surface area contributed by atoms with E-state index in [0.29, 0.717) is 17.2 Å². The first-order valence-electron chi connectivity index (χ1n) is 7.07. The van der Waals surface area contributed by atoms with Gasteiger partial charge in [-0.3, -0.25) is 0 Å². The highest BCUT2D eigenvalue weighted by Crippen LogP contribution is 2.40. The molecule has 1 N–H and O–H groups in total. The van der Waals surface area contributed by atoms with Crippen molar-refractivity contribution in [1.82, 2.24) is 0 Å². The summed E-state index contributed by atoms with van der Waals surface area (Å²) in [6.45, 7) is 7.30. The molecular weight excluding hydrogens is 252 g/mol. The van der Waals surface area contributed by atoms with Crippen LogP contribution in [0.1, 0.15) is 51.0 Å². The second-order valence-electron chi connectivity index (χ2n) is 5.99. The number of carbonyl (C=O) groups excluding carboxylic acids is 1. The molecule has 2 rings (SSSR count). The van der Waals surface area contributed by atoms with Crippen LogP contribution < -0.4 is 0 Å². The monoisotopic (exact) mass is 274 g/mol. The van der Waals surface area contributed by atoms with E-state index in [9.17, 15) is 9.90 Å². The van der Waals surface area contributed by atoms with E-state index in [4.69, 9.17) is 4.74 Å². The molecule has 1 saturated carbocycles. The Balaban J connectivity index is 1.96. The van der Waals surface area contributed by atoms with Crippen LogP contribution in [-0.2, 0) is 9.53 Å². The minimum absolute atomic E-state index is 0.296. The minimum Gasteiger partial charge on any atom is -0.508 e. The lowest BCUT2D eigenvalue weighted by atomic mass is 9.77. The molecule has 1 aromatic carbocycles. The zero-order chi connectivity index (χ0) is 14.8. The highest BCUT2D eigenvalue weighted by molar-refractivity contribution is 5.87. The molecule has 3 heteroatoms. The van der Waals surface area contributed by atoms with Crippen LogP contribution in [-0.4, -0.2) is 16.7 Å². The zero-order valence-corrected chi connectivity index (χ0v) is 12.2. The van der Waals surface area contributed by atoms with Gasteiger partial charge in [-0.2, -0.15) is 0 Å². The summed E-state index contributed by atoms with van der Waals surface area (Å²) in [4.78, 5) is 11.7. The summed E-state index contributed by atoms with van der Waals surface area (Å²) in [6, 6.07) is 7.40. The van der Waals surface area contributed by atoms with Gasteiger partial charge in [0.25, 0.3) is 0 Å². The number of aromatic hydroxyl groups is 1. The molecule has 0 aliphatic heterocycles. The predicted molar refractivity (Wildman–Crippen MR) is 78.6 cm³/mol. The Kier molecular flexibility index (Phi) is 4.17. The Morgan fingerprint density at radius 2 is 1.85 bits per heavy atom. The summed E-state index contributed by atoms with van der Waals surface area (Å²) in [6.07, 6.45) is 3.70. The number of hydrogen-bond donors (Lipinski definition) is 1. The summed E-state index contributed by atoms with van der Waals surface area (Å²) in [7, 11) is 0. The number of rotatable bonds is 3. The number of phenols is 1. The van der Waals surface area contributed by atoms with E-state index in [1.54, 1.807) is 19.1 Å². The Morgan fingerprint density at radius 3 is 2.35 bits per heavy atom.